The third kappa shape index (κ3) is 4.29. The number of anilines is 1. The van der Waals surface area contributed by atoms with Crippen LogP contribution in [-0.2, 0) is 4.74 Å². The Balaban J connectivity index is 1.54. The molecule has 4 aromatic rings. The Kier molecular flexibility index (Phi) is 5.97. The van der Waals surface area contributed by atoms with Crippen molar-refractivity contribution in [2.45, 2.75) is 13.8 Å². The average molecular weight is 464 g/mol. The molecular formula is C25H25N3O4S. The van der Waals surface area contributed by atoms with Crippen LogP contribution in [0.15, 0.2) is 51.9 Å². The first kappa shape index (κ1) is 21.8. The Labute approximate surface area is 195 Å². The number of ether oxygens (including phenoxy) is 1. The molecule has 2 aromatic heterocycles. The Morgan fingerprint density at radius 1 is 1.15 bits per heavy atom. The summed E-state index contributed by atoms with van der Waals surface area (Å²) in [5.74, 6) is -0.393. The number of carbonyl (C=O) groups is 1. The lowest BCUT2D eigenvalue weighted by atomic mass is 10.1. The smallest absolute Gasteiger partial charge is 0.267 e. The molecule has 0 atom stereocenters. The number of rotatable bonds is 5. The molecule has 0 unspecified atom stereocenters. The van der Waals surface area contributed by atoms with E-state index in [9.17, 15) is 9.59 Å². The minimum Gasteiger partial charge on any atom is -0.463 e. The fourth-order valence-corrected chi connectivity index (χ4v) is 5.07. The Hall–Kier alpha value is -3.07. The van der Waals surface area contributed by atoms with Gasteiger partial charge in [0.2, 0.25) is 5.43 Å². The number of aryl methyl sites for hydroxylation is 2. The molecule has 0 saturated carbocycles. The third-order valence-corrected chi connectivity index (χ3v) is 7.16. The molecule has 3 heterocycles. The van der Waals surface area contributed by atoms with Gasteiger partial charge in [0.25, 0.3) is 5.91 Å². The molecule has 0 aliphatic carbocycles. The quantitative estimate of drug-likeness (QED) is 0.445. The zero-order valence-electron chi connectivity index (χ0n) is 18.7. The van der Waals surface area contributed by atoms with E-state index in [1.165, 1.54) is 23.2 Å². The SMILES string of the molecule is Cc1cc2nc(N(CCN3CCOCC3)C(=O)c3coc4ccccc4c3=O)sc2cc1C. The van der Waals surface area contributed by atoms with Gasteiger partial charge in [-0.2, -0.15) is 0 Å². The van der Waals surface area contributed by atoms with Gasteiger partial charge < -0.3 is 9.15 Å². The summed E-state index contributed by atoms with van der Waals surface area (Å²) >= 11 is 1.47. The second-order valence-electron chi connectivity index (χ2n) is 8.29. The van der Waals surface area contributed by atoms with E-state index in [0.717, 1.165) is 28.9 Å². The summed E-state index contributed by atoms with van der Waals surface area (Å²) in [5.41, 5.74) is 3.34. The van der Waals surface area contributed by atoms with Gasteiger partial charge in [0.05, 0.1) is 28.8 Å². The van der Waals surface area contributed by atoms with Crippen LogP contribution in [0.25, 0.3) is 21.2 Å². The predicted octanol–water partition coefficient (Wildman–Crippen LogP) is 4.00. The van der Waals surface area contributed by atoms with Crippen LogP contribution < -0.4 is 10.3 Å². The molecule has 170 valence electrons. The maximum absolute atomic E-state index is 13.7. The maximum Gasteiger partial charge on any atom is 0.267 e. The van der Waals surface area contributed by atoms with Crippen LogP contribution >= 0.6 is 11.3 Å². The standard InChI is InChI=1S/C25H25N3O4S/c1-16-13-20-22(14-17(16)2)33-25(26-20)28(8-7-27-9-11-31-12-10-27)24(30)19-15-32-21-6-4-3-5-18(21)23(19)29/h3-6,13-15H,7-12H2,1-2H3. The first-order valence-corrected chi connectivity index (χ1v) is 11.8. The first-order chi connectivity index (χ1) is 16.0. The van der Waals surface area contributed by atoms with Crippen LogP contribution in [0.5, 0.6) is 0 Å². The molecule has 1 saturated heterocycles. The molecule has 0 bridgehead atoms. The van der Waals surface area contributed by atoms with Crippen molar-refractivity contribution in [3.63, 3.8) is 0 Å². The Morgan fingerprint density at radius 2 is 1.91 bits per heavy atom. The number of fused-ring (bicyclic) bond motifs is 2. The van der Waals surface area contributed by atoms with Gasteiger partial charge in [-0.25, -0.2) is 4.98 Å². The molecule has 0 spiro atoms. The lowest BCUT2D eigenvalue weighted by Gasteiger charge is -2.29. The summed E-state index contributed by atoms with van der Waals surface area (Å²) in [6, 6.07) is 11.1. The number of para-hydroxylation sites is 1. The molecule has 2 aromatic carbocycles. The van der Waals surface area contributed by atoms with Gasteiger partial charge in [-0.15, -0.1) is 0 Å². The number of hydrogen-bond acceptors (Lipinski definition) is 7. The number of nitrogens with zero attached hydrogens (tertiary/aromatic N) is 3. The molecule has 1 amide bonds. The number of carbonyl (C=O) groups excluding carboxylic acids is 1. The Morgan fingerprint density at radius 3 is 2.73 bits per heavy atom. The van der Waals surface area contributed by atoms with Crippen molar-refractivity contribution < 1.29 is 13.9 Å². The van der Waals surface area contributed by atoms with E-state index in [1.807, 2.05) is 6.07 Å². The van der Waals surface area contributed by atoms with Gasteiger partial charge in [0, 0.05) is 26.2 Å². The second-order valence-corrected chi connectivity index (χ2v) is 9.30. The normalized spacial score (nSPS) is 14.7. The van der Waals surface area contributed by atoms with Crippen molar-refractivity contribution in [2.75, 3.05) is 44.3 Å². The number of hydrogen-bond donors (Lipinski definition) is 0. The number of morpholine rings is 1. The summed E-state index contributed by atoms with van der Waals surface area (Å²) in [7, 11) is 0. The summed E-state index contributed by atoms with van der Waals surface area (Å²) < 4.78 is 12.1. The average Bonchev–Trinajstić information content (AvgIpc) is 3.22. The topological polar surface area (TPSA) is 75.9 Å². The van der Waals surface area contributed by atoms with Gasteiger partial charge in [0.15, 0.2) is 5.13 Å². The molecule has 5 rings (SSSR count). The van der Waals surface area contributed by atoms with Gasteiger partial charge >= 0.3 is 0 Å². The largest absolute Gasteiger partial charge is 0.463 e. The van der Waals surface area contributed by atoms with Crippen molar-refractivity contribution in [3.05, 3.63) is 69.6 Å². The third-order valence-electron chi connectivity index (χ3n) is 6.12. The minimum absolute atomic E-state index is 0.0160. The highest BCUT2D eigenvalue weighted by Crippen LogP contribution is 2.31. The molecule has 0 radical (unpaired) electrons. The molecule has 33 heavy (non-hydrogen) atoms. The van der Waals surface area contributed by atoms with E-state index in [-0.39, 0.29) is 11.0 Å². The summed E-state index contributed by atoms with van der Waals surface area (Å²) in [4.78, 5) is 35.4. The van der Waals surface area contributed by atoms with E-state index >= 15 is 0 Å². The monoisotopic (exact) mass is 463 g/mol. The lowest BCUT2D eigenvalue weighted by Crippen LogP contribution is -2.44. The summed E-state index contributed by atoms with van der Waals surface area (Å²) in [6.45, 7) is 8.21. The highest BCUT2D eigenvalue weighted by molar-refractivity contribution is 7.22. The molecule has 8 heteroatoms. The molecule has 7 nitrogen and oxygen atoms in total. The fraction of sp³-hybridized carbons (Fsp3) is 0.320. The van der Waals surface area contributed by atoms with E-state index in [4.69, 9.17) is 14.1 Å². The van der Waals surface area contributed by atoms with Crippen molar-refractivity contribution in [2.24, 2.45) is 0 Å². The van der Waals surface area contributed by atoms with Gasteiger partial charge in [-0.3, -0.25) is 19.4 Å². The molecule has 1 aliphatic heterocycles. The van der Waals surface area contributed by atoms with Crippen molar-refractivity contribution in [1.29, 1.82) is 0 Å². The van der Waals surface area contributed by atoms with Crippen LogP contribution in [0.3, 0.4) is 0 Å². The van der Waals surface area contributed by atoms with Crippen molar-refractivity contribution in [3.8, 4) is 0 Å². The van der Waals surface area contributed by atoms with Crippen LogP contribution in [0.1, 0.15) is 21.5 Å². The highest BCUT2D eigenvalue weighted by atomic mass is 32.1. The van der Waals surface area contributed by atoms with E-state index in [2.05, 4.69) is 24.8 Å². The molecule has 1 aliphatic rings. The second kappa shape index (κ2) is 9.05. The first-order valence-electron chi connectivity index (χ1n) is 11.0. The summed E-state index contributed by atoms with van der Waals surface area (Å²) in [6.07, 6.45) is 1.27. The Bertz CT molecular complexity index is 1350. The molecule has 1 fully saturated rings. The van der Waals surface area contributed by atoms with Gasteiger partial charge in [0.1, 0.15) is 17.4 Å². The molecular weight excluding hydrogens is 438 g/mol. The van der Waals surface area contributed by atoms with Crippen LogP contribution in [0, 0.1) is 13.8 Å². The van der Waals surface area contributed by atoms with Crippen LogP contribution in [0.2, 0.25) is 0 Å². The van der Waals surface area contributed by atoms with Crippen LogP contribution in [-0.4, -0.2) is 55.2 Å². The molecule has 0 N–H and O–H groups in total. The number of aromatic nitrogens is 1. The number of thiazole rings is 1. The number of benzene rings is 2. The van der Waals surface area contributed by atoms with E-state index in [1.54, 1.807) is 29.2 Å². The maximum atomic E-state index is 13.7. The highest BCUT2D eigenvalue weighted by Gasteiger charge is 2.26. The zero-order chi connectivity index (χ0) is 22.9. The van der Waals surface area contributed by atoms with Crippen molar-refractivity contribution in [1.82, 2.24) is 9.88 Å². The fourth-order valence-electron chi connectivity index (χ4n) is 4.00. The predicted molar refractivity (Wildman–Crippen MR) is 131 cm³/mol. The van der Waals surface area contributed by atoms with Gasteiger partial charge in [-0.05, 0) is 49.2 Å². The lowest BCUT2D eigenvalue weighted by molar-refractivity contribution is 0.0391. The van der Waals surface area contributed by atoms with Crippen molar-refractivity contribution >= 4 is 43.6 Å². The van der Waals surface area contributed by atoms with Crippen LogP contribution in [0.4, 0.5) is 5.13 Å². The zero-order valence-corrected chi connectivity index (χ0v) is 19.5. The summed E-state index contributed by atoms with van der Waals surface area (Å²) in [5, 5.41) is 0.979. The van der Waals surface area contributed by atoms with Gasteiger partial charge in [-0.1, -0.05) is 23.5 Å². The number of amides is 1. The van der Waals surface area contributed by atoms with E-state index in [0.29, 0.717) is 42.4 Å². The van der Waals surface area contributed by atoms with E-state index < -0.39 is 5.91 Å². The minimum atomic E-state index is -0.393.